The number of hydrogen-bond donors (Lipinski definition) is 0. The zero-order chi connectivity index (χ0) is 30.7. The highest BCUT2D eigenvalue weighted by Crippen LogP contribution is 2.42. The third kappa shape index (κ3) is 5.44. The first-order valence-electron chi connectivity index (χ1n) is 13.3. The molecule has 0 radical (unpaired) electrons. The number of allylic oxidation sites excluding steroid dienone is 2. The van der Waals surface area contributed by atoms with Crippen molar-refractivity contribution >= 4 is 33.4 Å². The number of esters is 2. The molecule has 9 nitrogen and oxygen atoms in total. The maximum atomic E-state index is 14.4. The number of carbonyl (C=O) groups excluding carboxylic acids is 2. The molecule has 0 spiro atoms. The Bertz CT molecular complexity index is 1770. The average molecular weight is 599 g/mol. The highest BCUT2D eigenvalue weighted by atomic mass is 32.2. The van der Waals surface area contributed by atoms with Gasteiger partial charge in [0.1, 0.15) is 5.75 Å². The zero-order valence-corrected chi connectivity index (χ0v) is 24.9. The highest BCUT2D eigenvalue weighted by molar-refractivity contribution is 7.89. The van der Waals surface area contributed by atoms with Crippen molar-refractivity contribution in [1.82, 2.24) is 9.21 Å². The van der Waals surface area contributed by atoms with Crippen LogP contribution in [0, 0.1) is 6.92 Å². The molecule has 3 aromatic carbocycles. The molecule has 0 amide bonds. The largest absolute Gasteiger partial charge is 0.497 e. The van der Waals surface area contributed by atoms with Crippen LogP contribution in [0.15, 0.2) is 119 Å². The lowest BCUT2D eigenvalue weighted by atomic mass is 9.95. The highest BCUT2D eigenvalue weighted by Gasteiger charge is 2.44. The molecule has 10 heteroatoms. The molecule has 43 heavy (non-hydrogen) atoms. The fourth-order valence-corrected chi connectivity index (χ4v) is 6.39. The number of hydrogen-bond acceptors (Lipinski definition) is 8. The molecule has 0 N–H and O–H groups in total. The van der Waals surface area contributed by atoms with E-state index < -0.39 is 33.7 Å². The molecule has 3 aromatic rings. The van der Waals surface area contributed by atoms with Gasteiger partial charge in [0, 0.05) is 11.9 Å². The van der Waals surface area contributed by atoms with Gasteiger partial charge in [-0.25, -0.2) is 22.3 Å². The van der Waals surface area contributed by atoms with Crippen molar-refractivity contribution in [3.8, 4) is 5.75 Å². The summed E-state index contributed by atoms with van der Waals surface area (Å²) in [6.07, 6.45) is 6.68. The smallest absolute Gasteiger partial charge is 0.356 e. The van der Waals surface area contributed by atoms with Gasteiger partial charge in [0.25, 0.3) is 10.0 Å². The van der Waals surface area contributed by atoms with Gasteiger partial charge in [-0.15, -0.1) is 0 Å². The molecule has 1 unspecified atom stereocenters. The lowest BCUT2D eigenvalue weighted by Gasteiger charge is -2.37. The summed E-state index contributed by atoms with van der Waals surface area (Å²) < 4.78 is 45.2. The van der Waals surface area contributed by atoms with Gasteiger partial charge in [-0.3, -0.25) is 0 Å². The number of ether oxygens (including phenoxy) is 3. The van der Waals surface area contributed by atoms with E-state index >= 15 is 0 Å². The summed E-state index contributed by atoms with van der Waals surface area (Å²) in [5.74, 6) is -1.25. The minimum absolute atomic E-state index is 0.0753. The molecule has 2 heterocycles. The number of carbonyl (C=O) groups is 2. The van der Waals surface area contributed by atoms with E-state index in [4.69, 9.17) is 14.2 Å². The third-order valence-corrected chi connectivity index (χ3v) is 8.85. The van der Waals surface area contributed by atoms with Crippen molar-refractivity contribution in [2.45, 2.75) is 17.9 Å². The Kier molecular flexibility index (Phi) is 8.22. The number of aryl methyl sites for hydroxylation is 1. The number of methoxy groups -OCH3 is 3. The molecule has 2 aliphatic rings. The molecule has 0 aliphatic carbocycles. The molecule has 0 bridgehead atoms. The van der Waals surface area contributed by atoms with E-state index in [1.165, 1.54) is 25.4 Å². The van der Waals surface area contributed by atoms with Crippen molar-refractivity contribution < 1.29 is 32.2 Å². The molecular formula is C33H30N2O7S. The van der Waals surface area contributed by atoms with Gasteiger partial charge in [0.05, 0.1) is 43.5 Å². The minimum Gasteiger partial charge on any atom is -0.497 e. The molecule has 0 aromatic heterocycles. The first-order valence-corrected chi connectivity index (χ1v) is 14.8. The van der Waals surface area contributed by atoms with Gasteiger partial charge in [-0.2, -0.15) is 0 Å². The summed E-state index contributed by atoms with van der Waals surface area (Å²) in [7, 11) is -0.572. The zero-order valence-electron chi connectivity index (χ0n) is 24.1. The third-order valence-electron chi connectivity index (χ3n) is 7.17. The number of rotatable bonds is 7. The molecule has 0 fully saturated rings. The second kappa shape index (κ2) is 12.0. The Labute approximate surface area is 250 Å². The van der Waals surface area contributed by atoms with Crippen LogP contribution in [-0.4, -0.2) is 56.9 Å². The van der Waals surface area contributed by atoms with E-state index in [1.54, 1.807) is 43.5 Å². The van der Waals surface area contributed by atoms with Gasteiger partial charge in [0.15, 0.2) is 5.70 Å². The van der Waals surface area contributed by atoms with Crippen LogP contribution in [0.3, 0.4) is 0 Å². The summed E-state index contributed by atoms with van der Waals surface area (Å²) in [5, 5.41) is 0. The van der Waals surface area contributed by atoms with E-state index in [0.717, 1.165) is 22.5 Å². The summed E-state index contributed by atoms with van der Waals surface area (Å²) in [4.78, 5) is 28.9. The van der Waals surface area contributed by atoms with E-state index in [2.05, 4.69) is 0 Å². The summed E-state index contributed by atoms with van der Waals surface area (Å²) in [6.45, 7) is 1.84. The van der Waals surface area contributed by atoms with Crippen LogP contribution < -0.4 is 4.74 Å². The summed E-state index contributed by atoms with van der Waals surface area (Å²) in [5.41, 5.74) is 2.63. The van der Waals surface area contributed by atoms with Crippen LogP contribution >= 0.6 is 0 Å². The molecule has 1 atom stereocenters. The van der Waals surface area contributed by atoms with Crippen molar-refractivity contribution in [3.63, 3.8) is 0 Å². The fourth-order valence-electron chi connectivity index (χ4n) is 5.03. The number of sulfonamides is 1. The average Bonchev–Trinajstić information content (AvgIpc) is 3.20. The van der Waals surface area contributed by atoms with Gasteiger partial charge >= 0.3 is 11.9 Å². The monoisotopic (exact) mass is 598 g/mol. The standard InChI is InChI=1S/C33H30N2O7S/c1-22-13-19-26(20-14-22)43(38,39)34-21-29(23-9-6-5-7-10-23)35-27(24-15-17-25(40-2)18-16-24)11-8-12-28(35)30(32(36)41-3)31(34)33(37)42-4/h5-21,28H,1-4H3. The Balaban J connectivity index is 1.87. The van der Waals surface area contributed by atoms with Crippen LogP contribution in [0.5, 0.6) is 5.75 Å². The predicted molar refractivity (Wildman–Crippen MR) is 161 cm³/mol. The normalized spacial score (nSPS) is 16.5. The maximum absolute atomic E-state index is 14.4. The predicted octanol–water partition coefficient (Wildman–Crippen LogP) is 4.89. The topological polar surface area (TPSA) is 102 Å². The van der Waals surface area contributed by atoms with Gasteiger partial charge in [-0.1, -0.05) is 60.2 Å². The number of fused-ring (bicyclic) bond motifs is 1. The molecule has 220 valence electrons. The Morgan fingerprint density at radius 1 is 0.767 bits per heavy atom. The molecule has 2 aliphatic heterocycles. The van der Waals surface area contributed by atoms with Crippen molar-refractivity contribution in [2.75, 3.05) is 21.3 Å². The first kappa shape index (κ1) is 29.4. The van der Waals surface area contributed by atoms with Crippen LogP contribution in [0.1, 0.15) is 16.7 Å². The molecule has 0 saturated carbocycles. The van der Waals surface area contributed by atoms with Crippen LogP contribution in [0.4, 0.5) is 0 Å². The minimum atomic E-state index is -4.45. The van der Waals surface area contributed by atoms with Crippen molar-refractivity contribution in [2.24, 2.45) is 0 Å². The fraction of sp³-hybridized carbons (Fsp3) is 0.152. The maximum Gasteiger partial charge on any atom is 0.356 e. The SMILES string of the molecule is COC(=O)C1=C(C(=O)OC)N(S(=O)(=O)c2ccc(C)cc2)C=C(c2ccccc2)N2C(c3ccc(OC)cc3)=CC=CC12. The number of benzene rings is 3. The van der Waals surface area contributed by atoms with Crippen LogP contribution in [-0.2, 0) is 29.1 Å². The molecular weight excluding hydrogens is 568 g/mol. The summed E-state index contributed by atoms with van der Waals surface area (Å²) >= 11 is 0. The second-order valence-corrected chi connectivity index (χ2v) is 11.5. The quantitative estimate of drug-likeness (QED) is 0.355. The Hall–Kier alpha value is -5.09. The Morgan fingerprint density at radius 2 is 1.40 bits per heavy atom. The second-order valence-electron chi connectivity index (χ2n) is 9.72. The van der Waals surface area contributed by atoms with Crippen molar-refractivity contribution in [1.29, 1.82) is 0 Å². The number of nitrogens with zero attached hydrogens (tertiary/aromatic N) is 2. The van der Waals surface area contributed by atoms with Gasteiger partial charge in [0.2, 0.25) is 0 Å². The summed E-state index contributed by atoms with van der Waals surface area (Å²) in [6, 6.07) is 21.7. The lowest BCUT2D eigenvalue weighted by molar-refractivity contribution is -0.140. The van der Waals surface area contributed by atoms with Crippen LogP contribution in [0.25, 0.3) is 11.4 Å². The molecule has 0 saturated heterocycles. The van der Waals surface area contributed by atoms with E-state index in [0.29, 0.717) is 22.7 Å². The lowest BCUT2D eigenvalue weighted by Crippen LogP contribution is -2.38. The Morgan fingerprint density at radius 3 is 2.00 bits per heavy atom. The van der Waals surface area contributed by atoms with Crippen LogP contribution in [0.2, 0.25) is 0 Å². The van der Waals surface area contributed by atoms with Gasteiger partial charge in [-0.05, 0) is 60.5 Å². The van der Waals surface area contributed by atoms with Crippen molar-refractivity contribution in [3.05, 3.63) is 131 Å². The van der Waals surface area contributed by atoms with E-state index in [-0.39, 0.29) is 10.5 Å². The van der Waals surface area contributed by atoms with E-state index in [1.807, 2.05) is 60.4 Å². The molecule has 5 rings (SSSR count). The van der Waals surface area contributed by atoms with Gasteiger partial charge < -0.3 is 19.1 Å². The first-order chi connectivity index (χ1) is 20.7. The van der Waals surface area contributed by atoms with E-state index in [9.17, 15) is 18.0 Å².